The van der Waals surface area contributed by atoms with Crippen molar-refractivity contribution in [2.75, 3.05) is 19.0 Å². The Labute approximate surface area is 145 Å². The third kappa shape index (κ3) is 4.20. The molecular formula is C20H19NO4. The van der Waals surface area contributed by atoms with Gasteiger partial charge in [0.2, 0.25) is 5.91 Å². The molecule has 3 aromatic rings. The lowest BCUT2D eigenvalue weighted by Crippen LogP contribution is -2.07. The van der Waals surface area contributed by atoms with Crippen molar-refractivity contribution in [3.05, 3.63) is 60.4 Å². The molecule has 0 unspecified atom stereocenters. The van der Waals surface area contributed by atoms with Crippen LogP contribution < -0.4 is 14.8 Å². The van der Waals surface area contributed by atoms with Crippen molar-refractivity contribution in [2.45, 2.75) is 6.92 Å². The zero-order valence-electron chi connectivity index (χ0n) is 14.1. The number of rotatable bonds is 6. The van der Waals surface area contributed by atoms with Crippen molar-refractivity contribution >= 4 is 28.6 Å². The highest BCUT2D eigenvalue weighted by Crippen LogP contribution is 2.24. The summed E-state index contributed by atoms with van der Waals surface area (Å²) in [6.07, 6.45) is 3.07. The molecule has 128 valence electrons. The average Bonchev–Trinajstić information content (AvgIpc) is 3.04. The van der Waals surface area contributed by atoms with Gasteiger partial charge in [0.15, 0.2) is 0 Å². The van der Waals surface area contributed by atoms with Gasteiger partial charge in [-0.25, -0.2) is 0 Å². The summed E-state index contributed by atoms with van der Waals surface area (Å²) in [6.45, 7) is 2.53. The van der Waals surface area contributed by atoms with Gasteiger partial charge in [0.1, 0.15) is 22.8 Å². The highest BCUT2D eigenvalue weighted by molar-refractivity contribution is 6.02. The Morgan fingerprint density at radius 3 is 2.60 bits per heavy atom. The number of carbonyl (C=O) groups excluding carboxylic acids is 1. The summed E-state index contributed by atoms with van der Waals surface area (Å²) in [5.41, 5.74) is 1.44. The van der Waals surface area contributed by atoms with E-state index in [1.807, 2.05) is 43.3 Å². The molecule has 25 heavy (non-hydrogen) atoms. The first-order valence-electron chi connectivity index (χ1n) is 7.97. The maximum atomic E-state index is 12.0. The number of hydrogen-bond acceptors (Lipinski definition) is 4. The van der Waals surface area contributed by atoms with E-state index in [9.17, 15) is 4.79 Å². The maximum Gasteiger partial charge on any atom is 0.248 e. The molecule has 2 aromatic carbocycles. The molecule has 0 atom stereocenters. The molecule has 0 bridgehead atoms. The van der Waals surface area contributed by atoms with Crippen molar-refractivity contribution in [3.8, 4) is 11.5 Å². The second kappa shape index (κ2) is 7.57. The number of fused-ring (bicyclic) bond motifs is 1. The van der Waals surface area contributed by atoms with Gasteiger partial charge in [0.05, 0.1) is 13.7 Å². The lowest BCUT2D eigenvalue weighted by molar-refractivity contribution is -0.111. The standard InChI is InChI=1S/C20H19NO4/c1-3-24-16-6-4-15(5-7-16)21-20(22)11-9-18-13-14-12-17(23-2)8-10-19(14)25-18/h4-13H,3H2,1-2H3,(H,21,22)/b11-9+. The molecule has 5 nitrogen and oxygen atoms in total. The molecule has 1 aromatic heterocycles. The zero-order valence-corrected chi connectivity index (χ0v) is 14.1. The summed E-state index contributed by atoms with van der Waals surface area (Å²) in [5, 5.41) is 3.71. The van der Waals surface area contributed by atoms with E-state index in [-0.39, 0.29) is 5.91 Å². The quantitative estimate of drug-likeness (QED) is 0.673. The van der Waals surface area contributed by atoms with Gasteiger partial charge in [-0.15, -0.1) is 0 Å². The summed E-state index contributed by atoms with van der Waals surface area (Å²) >= 11 is 0. The fraction of sp³-hybridized carbons (Fsp3) is 0.150. The highest BCUT2D eigenvalue weighted by Gasteiger charge is 2.04. The van der Waals surface area contributed by atoms with Gasteiger partial charge in [-0.1, -0.05) is 0 Å². The molecule has 0 saturated heterocycles. The number of amides is 1. The van der Waals surface area contributed by atoms with E-state index in [0.29, 0.717) is 18.1 Å². The van der Waals surface area contributed by atoms with Crippen LogP contribution in [0.5, 0.6) is 11.5 Å². The van der Waals surface area contributed by atoms with Gasteiger partial charge in [0, 0.05) is 17.1 Å². The van der Waals surface area contributed by atoms with E-state index in [1.165, 1.54) is 6.08 Å². The Bertz CT molecular complexity index is 894. The van der Waals surface area contributed by atoms with Crippen molar-refractivity contribution < 1.29 is 18.7 Å². The van der Waals surface area contributed by atoms with Crippen molar-refractivity contribution in [2.24, 2.45) is 0 Å². The summed E-state index contributed by atoms with van der Waals surface area (Å²) < 4.78 is 16.2. The number of hydrogen-bond donors (Lipinski definition) is 1. The predicted molar refractivity (Wildman–Crippen MR) is 98.0 cm³/mol. The van der Waals surface area contributed by atoms with Crippen LogP contribution in [0.4, 0.5) is 5.69 Å². The predicted octanol–water partition coefficient (Wildman–Crippen LogP) is 4.49. The van der Waals surface area contributed by atoms with Crippen LogP contribution in [0.1, 0.15) is 12.7 Å². The average molecular weight is 337 g/mol. The molecule has 1 heterocycles. The van der Waals surface area contributed by atoms with Crippen molar-refractivity contribution in [1.29, 1.82) is 0 Å². The number of anilines is 1. The van der Waals surface area contributed by atoms with Crippen LogP contribution in [0.3, 0.4) is 0 Å². The number of nitrogens with one attached hydrogen (secondary N) is 1. The Hall–Kier alpha value is -3.21. The Kier molecular flexibility index (Phi) is 5.04. The zero-order chi connectivity index (χ0) is 17.6. The third-order valence-electron chi connectivity index (χ3n) is 3.57. The summed E-state index contributed by atoms with van der Waals surface area (Å²) in [5.74, 6) is 1.90. The molecule has 1 amide bonds. The van der Waals surface area contributed by atoms with Gasteiger partial charge < -0.3 is 19.2 Å². The fourth-order valence-electron chi connectivity index (χ4n) is 2.39. The van der Waals surface area contributed by atoms with Gasteiger partial charge in [-0.2, -0.15) is 0 Å². The van der Waals surface area contributed by atoms with Crippen molar-refractivity contribution in [1.82, 2.24) is 0 Å². The maximum absolute atomic E-state index is 12.0. The molecule has 0 aliphatic rings. The van der Waals surface area contributed by atoms with E-state index < -0.39 is 0 Å². The number of carbonyl (C=O) groups is 1. The minimum Gasteiger partial charge on any atom is -0.497 e. The molecule has 0 fully saturated rings. The first-order valence-corrected chi connectivity index (χ1v) is 7.97. The van der Waals surface area contributed by atoms with E-state index >= 15 is 0 Å². The molecule has 0 aliphatic carbocycles. The van der Waals surface area contributed by atoms with Crippen LogP contribution in [-0.2, 0) is 4.79 Å². The number of methoxy groups -OCH3 is 1. The normalized spacial score (nSPS) is 11.0. The SMILES string of the molecule is CCOc1ccc(NC(=O)/C=C/c2cc3cc(OC)ccc3o2)cc1. The summed E-state index contributed by atoms with van der Waals surface area (Å²) in [4.78, 5) is 12.0. The van der Waals surface area contributed by atoms with E-state index in [4.69, 9.17) is 13.9 Å². The molecule has 5 heteroatoms. The second-order valence-electron chi connectivity index (χ2n) is 5.33. The van der Waals surface area contributed by atoms with E-state index in [0.717, 1.165) is 22.5 Å². The van der Waals surface area contributed by atoms with Crippen LogP contribution in [0.25, 0.3) is 17.0 Å². The van der Waals surface area contributed by atoms with Gasteiger partial charge in [-0.3, -0.25) is 4.79 Å². The smallest absolute Gasteiger partial charge is 0.248 e. The minimum atomic E-state index is -0.234. The van der Waals surface area contributed by atoms with Crippen LogP contribution in [0.15, 0.2) is 59.0 Å². The lowest BCUT2D eigenvalue weighted by Gasteiger charge is -2.05. The van der Waals surface area contributed by atoms with Crippen LogP contribution in [0, 0.1) is 0 Å². The molecule has 0 aliphatic heterocycles. The largest absolute Gasteiger partial charge is 0.497 e. The van der Waals surface area contributed by atoms with Gasteiger partial charge >= 0.3 is 0 Å². The Morgan fingerprint density at radius 2 is 1.88 bits per heavy atom. The van der Waals surface area contributed by atoms with E-state index in [2.05, 4.69) is 5.32 Å². The Balaban J connectivity index is 1.65. The first kappa shape index (κ1) is 16.6. The van der Waals surface area contributed by atoms with Gasteiger partial charge in [-0.05, 0) is 61.5 Å². The molecule has 1 N–H and O–H groups in total. The van der Waals surface area contributed by atoms with Crippen LogP contribution >= 0.6 is 0 Å². The van der Waals surface area contributed by atoms with Gasteiger partial charge in [0.25, 0.3) is 0 Å². The summed E-state index contributed by atoms with van der Waals surface area (Å²) in [7, 11) is 1.62. The monoisotopic (exact) mass is 337 g/mol. The van der Waals surface area contributed by atoms with E-state index in [1.54, 1.807) is 25.3 Å². The lowest BCUT2D eigenvalue weighted by atomic mass is 10.2. The summed E-state index contributed by atoms with van der Waals surface area (Å²) in [6, 6.07) is 14.6. The molecule has 0 spiro atoms. The van der Waals surface area contributed by atoms with Crippen LogP contribution in [0.2, 0.25) is 0 Å². The molecule has 0 saturated carbocycles. The van der Waals surface area contributed by atoms with Crippen molar-refractivity contribution in [3.63, 3.8) is 0 Å². The highest BCUT2D eigenvalue weighted by atomic mass is 16.5. The Morgan fingerprint density at radius 1 is 1.12 bits per heavy atom. The first-order chi connectivity index (χ1) is 12.2. The molecule has 0 radical (unpaired) electrons. The number of furan rings is 1. The minimum absolute atomic E-state index is 0.234. The molecular weight excluding hydrogens is 318 g/mol. The topological polar surface area (TPSA) is 60.7 Å². The second-order valence-corrected chi connectivity index (χ2v) is 5.33. The molecule has 3 rings (SSSR count). The van der Waals surface area contributed by atoms with Crippen LogP contribution in [-0.4, -0.2) is 19.6 Å². The number of benzene rings is 2. The number of ether oxygens (including phenoxy) is 2. The third-order valence-corrected chi connectivity index (χ3v) is 3.57. The fourth-order valence-corrected chi connectivity index (χ4v) is 2.39.